The minimum absolute atomic E-state index is 0.00410. The van der Waals surface area contributed by atoms with Gasteiger partial charge in [0.2, 0.25) is 5.91 Å². The summed E-state index contributed by atoms with van der Waals surface area (Å²) in [4.78, 5) is 15.7. The van der Waals surface area contributed by atoms with Crippen LogP contribution in [0.1, 0.15) is 31.7 Å². The van der Waals surface area contributed by atoms with E-state index in [1.165, 1.54) is 24.2 Å². The van der Waals surface area contributed by atoms with Crippen LogP contribution in [0.25, 0.3) is 6.08 Å². The van der Waals surface area contributed by atoms with E-state index in [-0.39, 0.29) is 5.91 Å². The van der Waals surface area contributed by atoms with E-state index in [9.17, 15) is 4.79 Å². The quantitative estimate of drug-likeness (QED) is 0.644. The Hall–Kier alpha value is -1.26. The lowest BCUT2D eigenvalue weighted by Crippen LogP contribution is -2.46. The maximum absolute atomic E-state index is 12.0. The fourth-order valence-corrected chi connectivity index (χ4v) is 3.28. The van der Waals surface area contributed by atoms with Crippen molar-refractivity contribution in [2.45, 2.75) is 37.1 Å². The maximum Gasteiger partial charge on any atom is 0.244 e. The number of hydrogen-bond donors (Lipinski definition) is 1. The van der Waals surface area contributed by atoms with Crippen LogP contribution in [0.15, 0.2) is 35.2 Å². The Balaban J connectivity index is 1.80. The molecule has 1 atom stereocenters. The van der Waals surface area contributed by atoms with Crippen LogP contribution in [-0.4, -0.2) is 42.7 Å². The number of amides is 1. The van der Waals surface area contributed by atoms with Crippen LogP contribution in [0.5, 0.6) is 0 Å². The molecular weight excluding hydrogens is 292 g/mol. The first-order chi connectivity index (χ1) is 10.7. The number of nitrogens with zero attached hydrogens (tertiary/aromatic N) is 1. The van der Waals surface area contributed by atoms with Gasteiger partial charge >= 0.3 is 0 Å². The smallest absolute Gasteiger partial charge is 0.244 e. The molecule has 22 heavy (non-hydrogen) atoms. The van der Waals surface area contributed by atoms with Crippen LogP contribution < -0.4 is 5.32 Å². The molecule has 3 nitrogen and oxygen atoms in total. The molecule has 0 aromatic heterocycles. The molecule has 0 aliphatic carbocycles. The fourth-order valence-electron chi connectivity index (χ4n) is 2.87. The first-order valence-electron chi connectivity index (χ1n) is 8.07. The van der Waals surface area contributed by atoms with Crippen molar-refractivity contribution in [2.75, 3.05) is 25.9 Å². The number of carbonyl (C=O) groups excluding carboxylic acids is 1. The Morgan fingerprint density at radius 2 is 2.14 bits per heavy atom. The lowest BCUT2D eigenvalue weighted by atomic mass is 10.0. The average Bonchev–Trinajstić information content (AvgIpc) is 2.58. The fraction of sp³-hybridized carbons (Fsp3) is 0.500. The predicted octanol–water partition coefficient (Wildman–Crippen LogP) is 3.41. The summed E-state index contributed by atoms with van der Waals surface area (Å²) in [5, 5.41) is 3.04. The van der Waals surface area contributed by atoms with Gasteiger partial charge in [-0.2, -0.15) is 0 Å². The molecule has 1 aliphatic heterocycles. The summed E-state index contributed by atoms with van der Waals surface area (Å²) in [7, 11) is 0. The molecule has 1 unspecified atom stereocenters. The number of thioether (sulfide) groups is 1. The molecule has 1 aromatic rings. The Kier molecular flexibility index (Phi) is 7.00. The second-order valence-electron chi connectivity index (χ2n) is 5.63. The van der Waals surface area contributed by atoms with Crippen molar-refractivity contribution in [2.24, 2.45) is 0 Å². The molecule has 1 fully saturated rings. The number of likely N-dealkylation sites (tertiary alicyclic amines) is 1. The summed E-state index contributed by atoms with van der Waals surface area (Å²) in [6, 6.07) is 8.72. The summed E-state index contributed by atoms with van der Waals surface area (Å²) in [5.41, 5.74) is 1.06. The first kappa shape index (κ1) is 17.1. The molecule has 0 radical (unpaired) electrons. The number of nitrogens with one attached hydrogen (secondary N) is 1. The Morgan fingerprint density at radius 1 is 1.36 bits per heavy atom. The van der Waals surface area contributed by atoms with E-state index >= 15 is 0 Å². The van der Waals surface area contributed by atoms with Gasteiger partial charge in [-0.1, -0.05) is 25.5 Å². The van der Waals surface area contributed by atoms with Gasteiger partial charge in [-0.05, 0) is 56.0 Å². The minimum atomic E-state index is -0.00410. The highest BCUT2D eigenvalue weighted by Gasteiger charge is 2.20. The molecule has 1 saturated heterocycles. The molecule has 120 valence electrons. The summed E-state index contributed by atoms with van der Waals surface area (Å²) in [6.07, 6.45) is 9.31. The van der Waals surface area contributed by atoms with Gasteiger partial charge in [-0.25, -0.2) is 0 Å². The number of likely N-dealkylation sites (N-methyl/N-ethyl adjacent to an activating group) is 1. The molecule has 0 saturated carbocycles. The van der Waals surface area contributed by atoms with E-state index in [0.717, 1.165) is 25.2 Å². The zero-order chi connectivity index (χ0) is 15.8. The van der Waals surface area contributed by atoms with Gasteiger partial charge in [0, 0.05) is 23.6 Å². The first-order valence-corrected chi connectivity index (χ1v) is 9.29. The molecule has 4 heteroatoms. The highest BCUT2D eigenvalue weighted by atomic mass is 32.2. The lowest BCUT2D eigenvalue weighted by molar-refractivity contribution is -0.116. The van der Waals surface area contributed by atoms with Crippen molar-refractivity contribution in [3.05, 3.63) is 35.9 Å². The summed E-state index contributed by atoms with van der Waals surface area (Å²) < 4.78 is 0. The summed E-state index contributed by atoms with van der Waals surface area (Å²) in [6.45, 7) is 5.17. The monoisotopic (exact) mass is 318 g/mol. The van der Waals surface area contributed by atoms with E-state index in [1.807, 2.05) is 18.2 Å². The van der Waals surface area contributed by atoms with Gasteiger partial charge in [0.1, 0.15) is 0 Å². The molecule has 1 amide bonds. The SMILES string of the molecule is CCN1CCCCC1CNC(=O)/C=C/c1ccc(SC)cc1. The largest absolute Gasteiger partial charge is 0.351 e. The molecule has 2 rings (SSSR count). The van der Waals surface area contributed by atoms with Crippen LogP contribution in [0, 0.1) is 0 Å². The average molecular weight is 318 g/mol. The third-order valence-electron chi connectivity index (χ3n) is 4.21. The molecule has 1 aliphatic rings. The number of piperidine rings is 1. The zero-order valence-electron chi connectivity index (χ0n) is 13.5. The van der Waals surface area contributed by atoms with Gasteiger partial charge in [0.25, 0.3) is 0 Å². The molecule has 1 heterocycles. The number of benzene rings is 1. The number of rotatable bonds is 6. The molecule has 1 aromatic carbocycles. The van der Waals surface area contributed by atoms with E-state index in [1.54, 1.807) is 17.8 Å². The van der Waals surface area contributed by atoms with Gasteiger partial charge in [-0.15, -0.1) is 11.8 Å². The third-order valence-corrected chi connectivity index (χ3v) is 4.95. The standard InChI is InChI=1S/C18H26N2OS/c1-3-20-13-5-4-6-16(20)14-19-18(21)12-9-15-7-10-17(22-2)11-8-15/h7-12,16H,3-6,13-14H2,1-2H3,(H,19,21)/b12-9+. The van der Waals surface area contributed by atoms with Gasteiger partial charge in [0.15, 0.2) is 0 Å². The molecule has 0 bridgehead atoms. The van der Waals surface area contributed by atoms with E-state index in [4.69, 9.17) is 0 Å². The second kappa shape index (κ2) is 9.01. The van der Waals surface area contributed by atoms with Crippen LogP contribution in [0.3, 0.4) is 0 Å². The predicted molar refractivity (Wildman–Crippen MR) is 95.2 cm³/mol. The van der Waals surface area contributed by atoms with Crippen molar-refractivity contribution in [1.29, 1.82) is 0 Å². The van der Waals surface area contributed by atoms with Gasteiger partial charge in [0.05, 0.1) is 0 Å². The van der Waals surface area contributed by atoms with Crippen molar-refractivity contribution >= 4 is 23.7 Å². The topological polar surface area (TPSA) is 32.3 Å². The Labute approximate surface area is 138 Å². The third kappa shape index (κ3) is 5.18. The molecular formula is C18H26N2OS. The van der Waals surface area contributed by atoms with E-state index in [2.05, 4.69) is 35.5 Å². The van der Waals surface area contributed by atoms with Gasteiger partial charge < -0.3 is 5.32 Å². The Bertz CT molecular complexity index is 498. The lowest BCUT2D eigenvalue weighted by Gasteiger charge is -2.34. The van der Waals surface area contributed by atoms with E-state index in [0.29, 0.717) is 6.04 Å². The van der Waals surface area contributed by atoms with Crippen LogP contribution >= 0.6 is 11.8 Å². The minimum Gasteiger partial charge on any atom is -0.351 e. The van der Waals surface area contributed by atoms with Crippen molar-refractivity contribution in [3.63, 3.8) is 0 Å². The number of hydrogen-bond acceptors (Lipinski definition) is 3. The van der Waals surface area contributed by atoms with Gasteiger partial charge in [-0.3, -0.25) is 9.69 Å². The highest BCUT2D eigenvalue weighted by molar-refractivity contribution is 7.98. The van der Waals surface area contributed by atoms with Crippen LogP contribution in [0.4, 0.5) is 0 Å². The highest BCUT2D eigenvalue weighted by Crippen LogP contribution is 2.16. The summed E-state index contributed by atoms with van der Waals surface area (Å²) in [5.74, 6) is -0.00410. The van der Waals surface area contributed by atoms with Crippen molar-refractivity contribution < 1.29 is 4.79 Å². The van der Waals surface area contributed by atoms with Crippen LogP contribution in [-0.2, 0) is 4.79 Å². The second-order valence-corrected chi connectivity index (χ2v) is 6.51. The summed E-state index contributed by atoms with van der Waals surface area (Å²) >= 11 is 1.72. The van der Waals surface area contributed by atoms with Crippen molar-refractivity contribution in [1.82, 2.24) is 10.2 Å². The number of carbonyl (C=O) groups is 1. The Morgan fingerprint density at radius 3 is 2.82 bits per heavy atom. The van der Waals surface area contributed by atoms with Crippen LogP contribution in [0.2, 0.25) is 0 Å². The molecule has 1 N–H and O–H groups in total. The molecule has 0 spiro atoms. The van der Waals surface area contributed by atoms with E-state index < -0.39 is 0 Å². The zero-order valence-corrected chi connectivity index (χ0v) is 14.4. The van der Waals surface area contributed by atoms with Crippen molar-refractivity contribution in [3.8, 4) is 0 Å². The maximum atomic E-state index is 12.0. The normalized spacial score (nSPS) is 19.5.